The van der Waals surface area contributed by atoms with Crippen molar-refractivity contribution in [1.29, 1.82) is 0 Å². The maximum Gasteiger partial charge on any atom is 0.146 e. The summed E-state index contributed by atoms with van der Waals surface area (Å²) in [5, 5.41) is 3.03. The van der Waals surface area contributed by atoms with E-state index < -0.39 is 0 Å². The van der Waals surface area contributed by atoms with E-state index in [0.717, 1.165) is 34.4 Å². The average Bonchev–Trinajstić information content (AvgIpc) is 2.96. The molecule has 1 saturated heterocycles. The van der Waals surface area contributed by atoms with Crippen LogP contribution in [0.25, 0.3) is 10.2 Å². The summed E-state index contributed by atoms with van der Waals surface area (Å²) in [4.78, 5) is 12.7. The molecule has 0 radical (unpaired) electrons. The lowest BCUT2D eigenvalue weighted by atomic mass is 9.75. The molecule has 4 nitrogen and oxygen atoms in total. The largest absolute Gasteiger partial charge is 0.383 e. The predicted octanol–water partition coefficient (Wildman–Crippen LogP) is 3.29. The number of hydrogen-bond donors (Lipinski definition) is 1. The maximum absolute atomic E-state index is 6.05. The van der Waals surface area contributed by atoms with Crippen molar-refractivity contribution >= 4 is 27.4 Å². The Balaban J connectivity index is 1.49. The van der Waals surface area contributed by atoms with Crippen LogP contribution in [0.4, 0.5) is 5.82 Å². The Morgan fingerprint density at radius 1 is 1.19 bits per heavy atom. The second-order valence-electron chi connectivity index (χ2n) is 6.49. The molecule has 3 heterocycles. The fraction of sp³-hybridized carbons (Fsp3) is 0.625. The highest BCUT2D eigenvalue weighted by Crippen LogP contribution is 2.36. The molecule has 2 aliphatic rings. The highest BCUT2D eigenvalue weighted by molar-refractivity contribution is 7.16. The Morgan fingerprint density at radius 3 is 2.95 bits per heavy atom. The highest BCUT2D eigenvalue weighted by Gasteiger charge is 2.31. The van der Waals surface area contributed by atoms with Crippen LogP contribution in [0.5, 0.6) is 0 Å². The molecule has 21 heavy (non-hydrogen) atoms. The highest BCUT2D eigenvalue weighted by atomic mass is 32.1. The van der Waals surface area contributed by atoms with E-state index in [0.29, 0.717) is 5.82 Å². The Bertz CT molecular complexity index is 638. The fourth-order valence-corrected chi connectivity index (χ4v) is 4.81. The van der Waals surface area contributed by atoms with Crippen molar-refractivity contribution < 1.29 is 0 Å². The Morgan fingerprint density at radius 2 is 2.05 bits per heavy atom. The molecule has 1 saturated carbocycles. The minimum Gasteiger partial charge on any atom is -0.383 e. The molecule has 2 fully saturated rings. The molecule has 2 aromatic heterocycles. The summed E-state index contributed by atoms with van der Waals surface area (Å²) in [6, 6.07) is 2.01. The molecule has 2 atom stereocenters. The van der Waals surface area contributed by atoms with Crippen LogP contribution in [-0.4, -0.2) is 28.0 Å². The van der Waals surface area contributed by atoms with Gasteiger partial charge < -0.3 is 5.73 Å². The maximum atomic E-state index is 6.05. The van der Waals surface area contributed by atoms with Crippen molar-refractivity contribution in [2.24, 2.45) is 11.8 Å². The Labute approximate surface area is 129 Å². The summed E-state index contributed by atoms with van der Waals surface area (Å²) in [5.74, 6) is 3.39. The van der Waals surface area contributed by atoms with E-state index in [1.165, 1.54) is 45.2 Å². The first-order chi connectivity index (χ1) is 10.3. The molecule has 0 spiro atoms. The molecule has 0 bridgehead atoms. The molecular formula is C16H22N4S. The Hall–Kier alpha value is -1.20. The zero-order valence-corrected chi connectivity index (χ0v) is 13.1. The zero-order valence-electron chi connectivity index (χ0n) is 12.3. The third kappa shape index (κ3) is 2.64. The van der Waals surface area contributed by atoms with Crippen molar-refractivity contribution in [2.45, 2.75) is 38.6 Å². The number of likely N-dealkylation sites (tertiary alicyclic amines) is 1. The quantitative estimate of drug-likeness (QED) is 0.925. The number of nitrogen functional groups attached to an aromatic ring is 1. The van der Waals surface area contributed by atoms with Gasteiger partial charge in [0, 0.05) is 6.54 Å². The number of hydrogen-bond acceptors (Lipinski definition) is 5. The van der Waals surface area contributed by atoms with Crippen LogP contribution in [0.1, 0.15) is 37.9 Å². The number of nitrogens with two attached hydrogens (primary N) is 1. The second kappa shape index (κ2) is 5.54. The third-order valence-electron chi connectivity index (χ3n) is 5.14. The normalized spacial score (nSPS) is 26.9. The lowest BCUT2D eigenvalue weighted by Crippen LogP contribution is -2.41. The summed E-state index contributed by atoms with van der Waals surface area (Å²) in [6.07, 6.45) is 7.06. The summed E-state index contributed by atoms with van der Waals surface area (Å²) in [7, 11) is 0. The zero-order chi connectivity index (χ0) is 14.2. The first-order valence-electron chi connectivity index (χ1n) is 8.01. The van der Waals surface area contributed by atoms with Gasteiger partial charge in [0.25, 0.3) is 0 Å². The summed E-state index contributed by atoms with van der Waals surface area (Å²) < 4.78 is 0. The predicted molar refractivity (Wildman–Crippen MR) is 87.2 cm³/mol. The minimum absolute atomic E-state index is 0.629. The first-order valence-corrected chi connectivity index (χ1v) is 8.89. The van der Waals surface area contributed by atoms with E-state index in [4.69, 9.17) is 5.73 Å². The van der Waals surface area contributed by atoms with Gasteiger partial charge in [0.15, 0.2) is 0 Å². The summed E-state index contributed by atoms with van der Waals surface area (Å²) in [5.41, 5.74) is 6.05. The number of fused-ring (bicyclic) bond motifs is 2. The summed E-state index contributed by atoms with van der Waals surface area (Å²) >= 11 is 1.65. The van der Waals surface area contributed by atoms with E-state index in [1.54, 1.807) is 11.3 Å². The lowest BCUT2D eigenvalue weighted by Gasteiger charge is -2.41. The fourth-order valence-electron chi connectivity index (χ4n) is 4.01. The van der Waals surface area contributed by atoms with Gasteiger partial charge >= 0.3 is 0 Å². The van der Waals surface area contributed by atoms with Crippen LogP contribution in [-0.2, 0) is 6.54 Å². The molecule has 0 aromatic carbocycles. The van der Waals surface area contributed by atoms with E-state index in [9.17, 15) is 0 Å². The van der Waals surface area contributed by atoms with Gasteiger partial charge in [-0.1, -0.05) is 19.3 Å². The first kappa shape index (κ1) is 13.5. The second-order valence-corrected chi connectivity index (χ2v) is 7.39. The molecule has 2 N–H and O–H groups in total. The van der Waals surface area contributed by atoms with Gasteiger partial charge in [0.2, 0.25) is 0 Å². The number of rotatable bonds is 2. The number of aromatic nitrogens is 2. The molecule has 0 amide bonds. The molecule has 2 aromatic rings. The SMILES string of the molecule is Nc1nc(CN2CCC3CCCCC3C2)nc2sccc12. The number of piperidine rings is 1. The average molecular weight is 302 g/mol. The standard InChI is InChI=1S/C16H22N4S/c17-15-13-6-8-21-16(13)19-14(18-15)10-20-7-5-11-3-1-2-4-12(11)9-20/h6,8,11-12H,1-5,7,9-10H2,(H2,17,18,19). The summed E-state index contributed by atoms with van der Waals surface area (Å²) in [6.45, 7) is 3.25. The molecule has 2 unspecified atom stereocenters. The van der Waals surface area contributed by atoms with E-state index in [-0.39, 0.29) is 0 Å². The van der Waals surface area contributed by atoms with Crippen molar-refractivity contribution in [1.82, 2.24) is 14.9 Å². The molecule has 5 heteroatoms. The van der Waals surface area contributed by atoms with Crippen molar-refractivity contribution in [3.63, 3.8) is 0 Å². The third-order valence-corrected chi connectivity index (χ3v) is 5.95. The molecule has 4 rings (SSSR count). The van der Waals surface area contributed by atoms with E-state index in [1.807, 2.05) is 11.4 Å². The van der Waals surface area contributed by atoms with E-state index in [2.05, 4.69) is 14.9 Å². The van der Waals surface area contributed by atoms with Gasteiger partial charge in [-0.05, 0) is 42.7 Å². The molecule has 1 aliphatic heterocycles. The minimum atomic E-state index is 0.629. The Kier molecular flexibility index (Phi) is 3.55. The van der Waals surface area contributed by atoms with Crippen LogP contribution < -0.4 is 5.73 Å². The van der Waals surface area contributed by atoms with Gasteiger partial charge in [0.05, 0.1) is 11.9 Å². The molecule has 112 valence electrons. The lowest BCUT2D eigenvalue weighted by molar-refractivity contribution is 0.0804. The van der Waals surface area contributed by atoms with Crippen LogP contribution in [0.15, 0.2) is 11.4 Å². The number of anilines is 1. The van der Waals surface area contributed by atoms with Gasteiger partial charge in [-0.25, -0.2) is 9.97 Å². The van der Waals surface area contributed by atoms with Crippen LogP contribution in [0.3, 0.4) is 0 Å². The van der Waals surface area contributed by atoms with Gasteiger partial charge in [0.1, 0.15) is 16.5 Å². The monoisotopic (exact) mass is 302 g/mol. The van der Waals surface area contributed by atoms with Gasteiger partial charge in [-0.15, -0.1) is 11.3 Å². The topological polar surface area (TPSA) is 55.0 Å². The van der Waals surface area contributed by atoms with Crippen molar-refractivity contribution in [3.8, 4) is 0 Å². The molecular weight excluding hydrogens is 280 g/mol. The van der Waals surface area contributed by atoms with Crippen molar-refractivity contribution in [3.05, 3.63) is 17.3 Å². The van der Waals surface area contributed by atoms with Gasteiger partial charge in [-0.2, -0.15) is 0 Å². The van der Waals surface area contributed by atoms with Crippen molar-refractivity contribution in [2.75, 3.05) is 18.8 Å². The van der Waals surface area contributed by atoms with Crippen LogP contribution in [0.2, 0.25) is 0 Å². The molecule has 1 aliphatic carbocycles. The smallest absolute Gasteiger partial charge is 0.146 e. The van der Waals surface area contributed by atoms with Crippen LogP contribution in [0, 0.1) is 11.8 Å². The van der Waals surface area contributed by atoms with Crippen LogP contribution >= 0.6 is 11.3 Å². The van der Waals surface area contributed by atoms with E-state index >= 15 is 0 Å². The number of nitrogens with zero attached hydrogens (tertiary/aromatic N) is 3. The van der Waals surface area contributed by atoms with Gasteiger partial charge in [-0.3, -0.25) is 4.90 Å². The number of thiophene rings is 1.